The molecule has 2 aromatic rings. The van der Waals surface area contributed by atoms with Crippen molar-refractivity contribution in [3.63, 3.8) is 0 Å². The number of carbonyl (C=O) groups excluding carboxylic acids is 1. The Balaban J connectivity index is 2.08. The Hall–Kier alpha value is -2.14. The molecule has 18 heavy (non-hydrogen) atoms. The largest absolute Gasteiger partial charge is 0.324 e. The number of hydrogen-bond donors (Lipinski definition) is 2. The Kier molecular flexibility index (Phi) is 3.74. The predicted octanol–water partition coefficient (Wildman–Crippen LogP) is 3.08. The molecule has 2 N–H and O–H groups in total. The monoisotopic (exact) mass is 262 g/mol. The van der Waals surface area contributed by atoms with Crippen LogP contribution in [0.25, 0.3) is 0 Å². The second kappa shape index (κ2) is 5.46. The van der Waals surface area contributed by atoms with E-state index < -0.39 is 6.03 Å². The molecule has 0 radical (unpaired) electrons. The number of carbonyl (C=O) groups is 1. The van der Waals surface area contributed by atoms with E-state index in [1.54, 1.807) is 18.2 Å². The van der Waals surface area contributed by atoms with E-state index in [0.717, 1.165) is 5.56 Å². The first kappa shape index (κ1) is 12.3. The molecule has 0 saturated carbocycles. The molecule has 0 aliphatic carbocycles. The Labute approximate surface area is 109 Å². The number of anilines is 2. The summed E-state index contributed by atoms with van der Waals surface area (Å²) in [4.78, 5) is 11.7. The van der Waals surface area contributed by atoms with Crippen LogP contribution in [0, 0.1) is 6.92 Å². The molecule has 2 amide bonds. The molecule has 6 heteroatoms. The van der Waals surface area contributed by atoms with Crippen LogP contribution in [0.1, 0.15) is 5.56 Å². The Bertz CT molecular complexity index is 539. The van der Waals surface area contributed by atoms with E-state index in [0.29, 0.717) is 16.5 Å². The van der Waals surface area contributed by atoms with Crippen molar-refractivity contribution in [1.82, 2.24) is 10.2 Å². The zero-order valence-corrected chi connectivity index (χ0v) is 10.4. The summed E-state index contributed by atoms with van der Waals surface area (Å²) in [6.45, 7) is 1.86. The maximum Gasteiger partial charge on any atom is 0.324 e. The fourth-order valence-corrected chi connectivity index (χ4v) is 1.69. The highest BCUT2D eigenvalue weighted by atomic mass is 35.5. The van der Waals surface area contributed by atoms with Crippen LogP contribution in [0.5, 0.6) is 0 Å². The highest BCUT2D eigenvalue weighted by Crippen LogP contribution is 2.25. The van der Waals surface area contributed by atoms with Gasteiger partial charge in [0.25, 0.3) is 0 Å². The Morgan fingerprint density at radius 1 is 1.22 bits per heavy atom. The second-order valence-corrected chi connectivity index (χ2v) is 4.03. The highest BCUT2D eigenvalue weighted by Gasteiger charge is 2.08. The lowest BCUT2D eigenvalue weighted by molar-refractivity contribution is 0.262. The van der Waals surface area contributed by atoms with Gasteiger partial charge in [0.2, 0.25) is 0 Å². The van der Waals surface area contributed by atoms with E-state index in [1.807, 2.05) is 19.1 Å². The van der Waals surface area contributed by atoms with Crippen molar-refractivity contribution >= 4 is 29.1 Å². The van der Waals surface area contributed by atoms with Crippen molar-refractivity contribution in [1.29, 1.82) is 0 Å². The number of aromatic nitrogens is 2. The van der Waals surface area contributed by atoms with Crippen LogP contribution in [0.15, 0.2) is 36.5 Å². The minimum atomic E-state index is -0.410. The van der Waals surface area contributed by atoms with Gasteiger partial charge in [-0.15, -0.1) is 5.10 Å². The average molecular weight is 263 g/mol. The Morgan fingerprint density at radius 3 is 2.72 bits per heavy atom. The van der Waals surface area contributed by atoms with Gasteiger partial charge in [0.1, 0.15) is 0 Å². The fourth-order valence-electron chi connectivity index (χ4n) is 1.42. The number of rotatable bonds is 2. The van der Waals surface area contributed by atoms with E-state index in [2.05, 4.69) is 20.8 Å². The quantitative estimate of drug-likeness (QED) is 0.874. The molecular formula is C12H11ClN4O. The van der Waals surface area contributed by atoms with E-state index in [-0.39, 0.29) is 0 Å². The Morgan fingerprint density at radius 2 is 2.06 bits per heavy atom. The topological polar surface area (TPSA) is 66.9 Å². The predicted molar refractivity (Wildman–Crippen MR) is 70.9 cm³/mol. The molecular weight excluding hydrogens is 252 g/mol. The van der Waals surface area contributed by atoms with Gasteiger partial charge in [-0.05, 0) is 30.7 Å². The number of halogens is 1. The molecule has 1 heterocycles. The van der Waals surface area contributed by atoms with Crippen LogP contribution >= 0.6 is 11.6 Å². The molecule has 0 aliphatic heterocycles. The van der Waals surface area contributed by atoms with E-state index in [9.17, 15) is 4.79 Å². The third-order valence-corrected chi connectivity index (χ3v) is 2.59. The van der Waals surface area contributed by atoms with Crippen molar-refractivity contribution < 1.29 is 4.79 Å². The fraction of sp³-hybridized carbons (Fsp3) is 0.0833. The van der Waals surface area contributed by atoms with Crippen molar-refractivity contribution in [3.8, 4) is 0 Å². The van der Waals surface area contributed by atoms with Crippen LogP contribution in [0.2, 0.25) is 5.02 Å². The van der Waals surface area contributed by atoms with Crippen LogP contribution in [-0.4, -0.2) is 16.2 Å². The first-order valence-electron chi connectivity index (χ1n) is 5.27. The number of hydrogen-bond acceptors (Lipinski definition) is 3. The molecule has 0 aliphatic rings. The van der Waals surface area contributed by atoms with E-state index in [1.165, 1.54) is 6.20 Å². The highest BCUT2D eigenvalue weighted by molar-refractivity contribution is 6.34. The lowest BCUT2D eigenvalue weighted by atomic mass is 10.2. The first-order chi connectivity index (χ1) is 8.66. The maximum atomic E-state index is 11.7. The lowest BCUT2D eigenvalue weighted by Gasteiger charge is -2.10. The SMILES string of the molecule is Cc1cccc(Cl)c1NC(=O)Nc1cccnn1. The van der Waals surface area contributed by atoms with Crippen LogP contribution in [0.3, 0.4) is 0 Å². The normalized spacial score (nSPS) is 9.89. The van der Waals surface area contributed by atoms with Gasteiger partial charge < -0.3 is 5.32 Å². The number of amides is 2. The first-order valence-corrected chi connectivity index (χ1v) is 5.65. The standard InChI is InChI=1S/C12H11ClN4O/c1-8-4-2-5-9(13)11(8)16-12(18)15-10-6-3-7-14-17-10/h2-7H,1H3,(H2,15,16,17,18). The summed E-state index contributed by atoms with van der Waals surface area (Å²) in [5.74, 6) is 0.375. The molecule has 0 unspecified atom stereocenters. The van der Waals surface area contributed by atoms with Crippen molar-refractivity contribution in [2.45, 2.75) is 6.92 Å². The molecule has 2 rings (SSSR count). The average Bonchev–Trinajstić information content (AvgIpc) is 2.35. The molecule has 0 spiro atoms. The summed E-state index contributed by atoms with van der Waals surface area (Å²) in [7, 11) is 0. The van der Waals surface area contributed by atoms with E-state index in [4.69, 9.17) is 11.6 Å². The van der Waals surface area contributed by atoms with Crippen LogP contribution < -0.4 is 10.6 Å². The van der Waals surface area contributed by atoms with Gasteiger partial charge in [0.05, 0.1) is 10.7 Å². The van der Waals surface area contributed by atoms with Crippen LogP contribution in [0.4, 0.5) is 16.3 Å². The third kappa shape index (κ3) is 2.95. The van der Waals surface area contributed by atoms with Gasteiger partial charge in [-0.1, -0.05) is 23.7 Å². The van der Waals surface area contributed by atoms with Gasteiger partial charge >= 0.3 is 6.03 Å². The van der Waals surface area contributed by atoms with Crippen molar-refractivity contribution in [2.24, 2.45) is 0 Å². The van der Waals surface area contributed by atoms with Gasteiger partial charge in [-0.25, -0.2) is 4.79 Å². The number of benzene rings is 1. The number of aryl methyl sites for hydroxylation is 1. The molecule has 5 nitrogen and oxygen atoms in total. The summed E-state index contributed by atoms with van der Waals surface area (Å²) in [6, 6.07) is 8.32. The lowest BCUT2D eigenvalue weighted by Crippen LogP contribution is -2.21. The van der Waals surface area contributed by atoms with Crippen LogP contribution in [-0.2, 0) is 0 Å². The summed E-state index contributed by atoms with van der Waals surface area (Å²) in [5, 5.41) is 13.1. The maximum absolute atomic E-state index is 11.7. The minimum Gasteiger partial charge on any atom is -0.306 e. The van der Waals surface area contributed by atoms with Crippen molar-refractivity contribution in [3.05, 3.63) is 47.1 Å². The number of nitrogens with one attached hydrogen (secondary N) is 2. The molecule has 1 aromatic heterocycles. The van der Waals surface area contributed by atoms with E-state index >= 15 is 0 Å². The van der Waals surface area contributed by atoms with Gasteiger partial charge in [-0.2, -0.15) is 5.10 Å². The molecule has 0 atom stereocenters. The van der Waals surface area contributed by atoms with Gasteiger partial charge in [0.15, 0.2) is 5.82 Å². The number of para-hydroxylation sites is 1. The number of urea groups is 1. The summed E-state index contributed by atoms with van der Waals surface area (Å²) >= 11 is 6.01. The summed E-state index contributed by atoms with van der Waals surface area (Å²) < 4.78 is 0. The molecule has 92 valence electrons. The zero-order chi connectivity index (χ0) is 13.0. The van der Waals surface area contributed by atoms with Crippen molar-refractivity contribution in [2.75, 3.05) is 10.6 Å². The zero-order valence-electron chi connectivity index (χ0n) is 9.64. The second-order valence-electron chi connectivity index (χ2n) is 3.62. The van der Waals surface area contributed by atoms with Gasteiger partial charge in [-0.3, -0.25) is 5.32 Å². The van der Waals surface area contributed by atoms with Gasteiger partial charge in [0, 0.05) is 6.20 Å². The molecule has 0 bridgehead atoms. The number of nitrogens with zero attached hydrogens (tertiary/aromatic N) is 2. The molecule has 0 fully saturated rings. The molecule has 1 aromatic carbocycles. The molecule has 0 saturated heterocycles. The summed E-state index contributed by atoms with van der Waals surface area (Å²) in [5.41, 5.74) is 1.47. The third-order valence-electron chi connectivity index (χ3n) is 2.27. The minimum absolute atomic E-state index is 0.375. The smallest absolute Gasteiger partial charge is 0.306 e. The summed E-state index contributed by atoms with van der Waals surface area (Å²) in [6.07, 6.45) is 1.53.